The van der Waals surface area contributed by atoms with E-state index in [0.29, 0.717) is 5.11 Å². The summed E-state index contributed by atoms with van der Waals surface area (Å²) in [5, 5.41) is 7.73. The first kappa shape index (κ1) is 12.6. The highest BCUT2D eigenvalue weighted by Crippen LogP contribution is 2.03. The van der Waals surface area contributed by atoms with Crippen LogP contribution in [-0.4, -0.2) is 17.4 Å². The molecule has 0 aliphatic rings. The van der Waals surface area contributed by atoms with Crippen molar-refractivity contribution in [1.82, 2.24) is 10.7 Å². The Hall–Kier alpha value is -1.42. The maximum atomic E-state index is 5.01. The monoisotopic (exact) mass is 235 g/mol. The summed E-state index contributed by atoms with van der Waals surface area (Å²) in [6.45, 7) is 6.80. The normalized spacial score (nSPS) is 11.1. The Bertz CT molecular complexity index is 382. The fraction of sp³-hybridized carbons (Fsp3) is 0.333. The van der Waals surface area contributed by atoms with Gasteiger partial charge in [0.2, 0.25) is 0 Å². The second kappa shape index (κ2) is 6.23. The molecule has 86 valence electrons. The van der Waals surface area contributed by atoms with Crippen LogP contribution in [0.15, 0.2) is 29.4 Å². The molecule has 3 nitrogen and oxygen atoms in total. The van der Waals surface area contributed by atoms with Crippen molar-refractivity contribution in [2.24, 2.45) is 5.10 Å². The van der Waals surface area contributed by atoms with Gasteiger partial charge in [-0.15, -0.1) is 0 Å². The quantitative estimate of drug-likeness (QED) is 0.479. The van der Waals surface area contributed by atoms with E-state index in [1.807, 2.05) is 26.0 Å². The Morgan fingerprint density at radius 2 is 1.94 bits per heavy atom. The first-order valence-corrected chi connectivity index (χ1v) is 5.69. The van der Waals surface area contributed by atoms with Crippen molar-refractivity contribution in [1.29, 1.82) is 0 Å². The number of nitrogens with one attached hydrogen (secondary N) is 2. The van der Waals surface area contributed by atoms with Crippen LogP contribution in [0.3, 0.4) is 0 Å². The summed E-state index contributed by atoms with van der Waals surface area (Å²) < 4.78 is 0. The zero-order valence-corrected chi connectivity index (χ0v) is 10.7. The summed E-state index contributed by atoms with van der Waals surface area (Å²) in [5.41, 5.74) is 6.06. The molecule has 0 radical (unpaired) electrons. The van der Waals surface area contributed by atoms with E-state index in [4.69, 9.17) is 12.2 Å². The molecule has 0 saturated heterocycles. The molecule has 1 aromatic rings. The number of thiocarbonyl (C=S) groups is 1. The van der Waals surface area contributed by atoms with Gasteiger partial charge in [0.15, 0.2) is 5.11 Å². The summed E-state index contributed by atoms with van der Waals surface area (Å²) in [4.78, 5) is 0. The lowest BCUT2D eigenvalue weighted by Crippen LogP contribution is -2.32. The minimum absolute atomic E-state index is 0.550. The average Bonchev–Trinajstić information content (AvgIpc) is 2.27. The smallest absolute Gasteiger partial charge is 0.186 e. The maximum Gasteiger partial charge on any atom is 0.186 e. The predicted molar refractivity (Wildman–Crippen MR) is 72.8 cm³/mol. The zero-order valence-electron chi connectivity index (χ0n) is 9.87. The molecule has 0 unspecified atom stereocenters. The third-order valence-electron chi connectivity index (χ3n) is 2.13. The standard InChI is InChI=1S/C12H17N3S/c1-4-13-12(16)15-14-10(3)11-7-5-9(2)6-8-11/h5-8H,4H2,1-3H3,(H2,13,15,16)/b14-10+. The minimum atomic E-state index is 0.550. The van der Waals surface area contributed by atoms with Crippen molar-refractivity contribution in [2.45, 2.75) is 20.8 Å². The van der Waals surface area contributed by atoms with Gasteiger partial charge in [-0.1, -0.05) is 29.8 Å². The number of hydrazone groups is 1. The third-order valence-corrected chi connectivity index (χ3v) is 2.37. The van der Waals surface area contributed by atoms with E-state index in [1.165, 1.54) is 5.56 Å². The van der Waals surface area contributed by atoms with Gasteiger partial charge < -0.3 is 5.32 Å². The van der Waals surface area contributed by atoms with E-state index >= 15 is 0 Å². The summed E-state index contributed by atoms with van der Waals surface area (Å²) in [7, 11) is 0. The van der Waals surface area contributed by atoms with Crippen molar-refractivity contribution in [3.8, 4) is 0 Å². The van der Waals surface area contributed by atoms with Crippen molar-refractivity contribution >= 4 is 23.0 Å². The number of aryl methyl sites for hydroxylation is 1. The van der Waals surface area contributed by atoms with Gasteiger partial charge in [0.05, 0.1) is 5.71 Å². The third kappa shape index (κ3) is 3.98. The Balaban J connectivity index is 2.63. The highest BCUT2D eigenvalue weighted by atomic mass is 32.1. The lowest BCUT2D eigenvalue weighted by Gasteiger charge is -2.05. The number of hydrogen-bond acceptors (Lipinski definition) is 2. The number of nitrogens with zero attached hydrogens (tertiary/aromatic N) is 1. The Kier molecular flexibility index (Phi) is 4.92. The van der Waals surface area contributed by atoms with Crippen LogP contribution in [0.2, 0.25) is 0 Å². The van der Waals surface area contributed by atoms with Crippen LogP contribution in [0.4, 0.5) is 0 Å². The maximum absolute atomic E-state index is 5.01. The molecule has 1 aromatic carbocycles. The Labute approximate surface area is 102 Å². The predicted octanol–water partition coefficient (Wildman–Crippen LogP) is 2.20. The molecular weight excluding hydrogens is 218 g/mol. The van der Waals surface area contributed by atoms with Gasteiger partial charge in [0, 0.05) is 6.54 Å². The number of rotatable bonds is 3. The molecule has 0 aromatic heterocycles. The molecule has 1 rings (SSSR count). The van der Waals surface area contributed by atoms with Crippen LogP contribution < -0.4 is 10.7 Å². The molecule has 0 amide bonds. The van der Waals surface area contributed by atoms with E-state index in [-0.39, 0.29) is 0 Å². The molecule has 0 fully saturated rings. The van der Waals surface area contributed by atoms with Crippen LogP contribution in [-0.2, 0) is 0 Å². The minimum Gasteiger partial charge on any atom is -0.362 e. The SMILES string of the molecule is CCNC(=S)N/N=C(\C)c1ccc(C)cc1. The van der Waals surface area contributed by atoms with Crippen molar-refractivity contribution in [3.63, 3.8) is 0 Å². The highest BCUT2D eigenvalue weighted by molar-refractivity contribution is 7.80. The summed E-state index contributed by atoms with van der Waals surface area (Å²) in [5.74, 6) is 0. The van der Waals surface area contributed by atoms with Crippen molar-refractivity contribution < 1.29 is 0 Å². The average molecular weight is 235 g/mol. The summed E-state index contributed by atoms with van der Waals surface area (Å²) in [6, 6.07) is 8.23. The van der Waals surface area contributed by atoms with Gasteiger partial charge in [-0.05, 0) is 38.6 Å². The molecule has 0 aliphatic heterocycles. The first-order chi connectivity index (χ1) is 7.63. The Morgan fingerprint density at radius 3 is 2.50 bits per heavy atom. The Morgan fingerprint density at radius 1 is 1.31 bits per heavy atom. The van der Waals surface area contributed by atoms with Crippen LogP contribution >= 0.6 is 12.2 Å². The molecule has 0 bridgehead atoms. The molecule has 0 heterocycles. The lowest BCUT2D eigenvalue weighted by atomic mass is 10.1. The summed E-state index contributed by atoms with van der Waals surface area (Å²) in [6.07, 6.45) is 0. The van der Waals surface area contributed by atoms with E-state index in [0.717, 1.165) is 17.8 Å². The largest absolute Gasteiger partial charge is 0.362 e. The van der Waals surface area contributed by atoms with Crippen LogP contribution in [0.25, 0.3) is 0 Å². The van der Waals surface area contributed by atoms with Gasteiger partial charge in [-0.2, -0.15) is 5.10 Å². The molecule has 0 atom stereocenters. The molecule has 16 heavy (non-hydrogen) atoms. The van der Waals surface area contributed by atoms with E-state index < -0.39 is 0 Å². The number of hydrogen-bond donors (Lipinski definition) is 2. The van der Waals surface area contributed by atoms with E-state index in [2.05, 4.69) is 34.9 Å². The van der Waals surface area contributed by atoms with Crippen molar-refractivity contribution in [2.75, 3.05) is 6.54 Å². The second-order valence-corrected chi connectivity index (χ2v) is 3.94. The molecule has 0 spiro atoms. The zero-order chi connectivity index (χ0) is 12.0. The van der Waals surface area contributed by atoms with Crippen molar-refractivity contribution in [3.05, 3.63) is 35.4 Å². The van der Waals surface area contributed by atoms with Crippen LogP contribution in [0.5, 0.6) is 0 Å². The second-order valence-electron chi connectivity index (χ2n) is 3.53. The molecule has 4 heteroatoms. The van der Waals surface area contributed by atoms with Gasteiger partial charge in [-0.25, -0.2) is 0 Å². The van der Waals surface area contributed by atoms with Gasteiger partial charge >= 0.3 is 0 Å². The lowest BCUT2D eigenvalue weighted by molar-refractivity contribution is 0.900. The van der Waals surface area contributed by atoms with Gasteiger partial charge in [-0.3, -0.25) is 5.43 Å². The van der Waals surface area contributed by atoms with Gasteiger partial charge in [0.25, 0.3) is 0 Å². The van der Waals surface area contributed by atoms with Gasteiger partial charge in [0.1, 0.15) is 0 Å². The van der Waals surface area contributed by atoms with Crippen LogP contribution in [0, 0.1) is 6.92 Å². The molecule has 0 saturated carbocycles. The summed E-state index contributed by atoms with van der Waals surface area (Å²) >= 11 is 5.01. The number of benzene rings is 1. The fourth-order valence-electron chi connectivity index (χ4n) is 1.19. The first-order valence-electron chi connectivity index (χ1n) is 5.28. The topological polar surface area (TPSA) is 36.4 Å². The van der Waals surface area contributed by atoms with Crippen LogP contribution in [0.1, 0.15) is 25.0 Å². The van der Waals surface area contributed by atoms with E-state index in [1.54, 1.807) is 0 Å². The van der Waals surface area contributed by atoms with E-state index in [9.17, 15) is 0 Å². The fourth-order valence-corrected chi connectivity index (χ4v) is 1.38. The molecular formula is C12H17N3S. The molecule has 2 N–H and O–H groups in total. The highest BCUT2D eigenvalue weighted by Gasteiger charge is 1.97. The molecule has 0 aliphatic carbocycles.